The van der Waals surface area contributed by atoms with Gasteiger partial charge in [0, 0.05) is 24.7 Å². The van der Waals surface area contributed by atoms with Gasteiger partial charge >= 0.3 is 5.97 Å². The van der Waals surface area contributed by atoms with Crippen LogP contribution in [-0.2, 0) is 4.79 Å². The lowest BCUT2D eigenvalue weighted by Gasteiger charge is -2.30. The summed E-state index contributed by atoms with van der Waals surface area (Å²) in [5, 5.41) is 9.85. The third kappa shape index (κ3) is 2.59. The first-order chi connectivity index (χ1) is 10.2. The number of amides is 1. The lowest BCUT2D eigenvalue weighted by molar-refractivity contribution is -0.143. The molecule has 1 aromatic heterocycles. The second kappa shape index (κ2) is 5.52. The van der Waals surface area contributed by atoms with Crippen LogP contribution < -0.4 is 0 Å². The number of aliphatic carboxylic acids is 1. The highest BCUT2D eigenvalue weighted by molar-refractivity contribution is 6.06. The molecule has 0 saturated carbocycles. The number of para-hydroxylation sites is 1. The van der Waals surface area contributed by atoms with E-state index in [0.717, 1.165) is 10.9 Å². The van der Waals surface area contributed by atoms with Crippen LogP contribution in [0.1, 0.15) is 23.2 Å². The van der Waals surface area contributed by atoms with Crippen molar-refractivity contribution in [2.75, 3.05) is 13.1 Å². The molecule has 0 radical (unpaired) electrons. The average molecular weight is 284 g/mol. The number of aromatic nitrogens is 1. The fourth-order valence-electron chi connectivity index (χ4n) is 2.78. The number of carboxylic acid groups (broad SMARTS) is 1. The van der Waals surface area contributed by atoms with Gasteiger partial charge in [-0.2, -0.15) is 0 Å². The highest BCUT2D eigenvalue weighted by Crippen LogP contribution is 2.22. The molecule has 0 spiro atoms. The molecule has 0 bridgehead atoms. The number of pyridine rings is 1. The van der Waals surface area contributed by atoms with Crippen molar-refractivity contribution in [2.45, 2.75) is 12.8 Å². The lowest BCUT2D eigenvalue weighted by Crippen LogP contribution is -2.40. The lowest BCUT2D eigenvalue weighted by atomic mass is 9.96. The van der Waals surface area contributed by atoms with E-state index in [1.54, 1.807) is 17.2 Å². The molecule has 1 N–H and O–H groups in total. The topological polar surface area (TPSA) is 70.5 Å². The summed E-state index contributed by atoms with van der Waals surface area (Å²) >= 11 is 0. The van der Waals surface area contributed by atoms with Crippen molar-refractivity contribution in [3.05, 3.63) is 42.1 Å². The monoisotopic (exact) mass is 284 g/mol. The van der Waals surface area contributed by atoms with E-state index in [1.165, 1.54) is 0 Å². The molecule has 2 heterocycles. The van der Waals surface area contributed by atoms with Crippen molar-refractivity contribution >= 4 is 22.8 Å². The highest BCUT2D eigenvalue weighted by atomic mass is 16.4. The Labute approximate surface area is 122 Å². The van der Waals surface area contributed by atoms with Gasteiger partial charge in [0.1, 0.15) is 0 Å². The first-order valence-corrected chi connectivity index (χ1v) is 7.02. The molecule has 0 atom stereocenters. The quantitative estimate of drug-likeness (QED) is 0.917. The SMILES string of the molecule is O=C(O)C1CCN(C(=O)c2ccnc3ccccc23)CC1. The molecular weight excluding hydrogens is 268 g/mol. The smallest absolute Gasteiger partial charge is 0.306 e. The van der Waals surface area contributed by atoms with Crippen LogP contribution in [0.3, 0.4) is 0 Å². The summed E-state index contributed by atoms with van der Waals surface area (Å²) in [6, 6.07) is 9.27. The number of carbonyl (C=O) groups excluding carboxylic acids is 1. The van der Waals surface area contributed by atoms with Crippen LogP contribution in [0.15, 0.2) is 36.5 Å². The first-order valence-electron chi connectivity index (χ1n) is 7.02. The van der Waals surface area contributed by atoms with Crippen molar-refractivity contribution in [3.8, 4) is 0 Å². The number of rotatable bonds is 2. The summed E-state index contributed by atoms with van der Waals surface area (Å²) in [4.78, 5) is 29.6. The summed E-state index contributed by atoms with van der Waals surface area (Å²) < 4.78 is 0. The number of carboxylic acids is 1. The minimum Gasteiger partial charge on any atom is -0.481 e. The molecule has 0 unspecified atom stereocenters. The Morgan fingerprint density at radius 3 is 2.57 bits per heavy atom. The minimum atomic E-state index is -0.767. The molecule has 21 heavy (non-hydrogen) atoms. The molecule has 1 aliphatic rings. The van der Waals surface area contributed by atoms with Gasteiger partial charge in [0.15, 0.2) is 0 Å². The van der Waals surface area contributed by atoms with Gasteiger partial charge in [-0.15, -0.1) is 0 Å². The zero-order valence-corrected chi connectivity index (χ0v) is 11.5. The number of hydrogen-bond donors (Lipinski definition) is 1. The molecular formula is C16H16N2O3. The standard InChI is InChI=1S/C16H16N2O3/c19-15(18-9-6-11(7-10-18)16(20)21)13-5-8-17-14-4-2-1-3-12(13)14/h1-5,8,11H,6-7,9-10H2,(H,20,21). The van der Waals surface area contributed by atoms with E-state index < -0.39 is 5.97 Å². The van der Waals surface area contributed by atoms with Gasteiger partial charge in [0.2, 0.25) is 0 Å². The van der Waals surface area contributed by atoms with Crippen LogP contribution in [0.4, 0.5) is 0 Å². The van der Waals surface area contributed by atoms with Gasteiger partial charge < -0.3 is 10.0 Å². The van der Waals surface area contributed by atoms with E-state index in [0.29, 0.717) is 31.5 Å². The van der Waals surface area contributed by atoms with Crippen molar-refractivity contribution in [2.24, 2.45) is 5.92 Å². The van der Waals surface area contributed by atoms with Crippen LogP contribution in [0.25, 0.3) is 10.9 Å². The molecule has 2 aromatic rings. The molecule has 5 nitrogen and oxygen atoms in total. The molecule has 1 amide bonds. The number of piperidine rings is 1. The molecule has 108 valence electrons. The summed E-state index contributed by atoms with van der Waals surface area (Å²) in [6.45, 7) is 0.985. The zero-order valence-electron chi connectivity index (χ0n) is 11.5. The summed E-state index contributed by atoms with van der Waals surface area (Å²) in [5.41, 5.74) is 1.43. The second-order valence-electron chi connectivity index (χ2n) is 5.28. The van der Waals surface area contributed by atoms with Gasteiger partial charge in [-0.1, -0.05) is 18.2 Å². The van der Waals surface area contributed by atoms with Gasteiger partial charge in [0.05, 0.1) is 17.0 Å². The van der Waals surface area contributed by atoms with E-state index in [2.05, 4.69) is 4.98 Å². The number of carbonyl (C=O) groups is 2. The Balaban J connectivity index is 1.84. The normalized spacial score (nSPS) is 16.1. The van der Waals surface area contributed by atoms with Crippen molar-refractivity contribution in [1.82, 2.24) is 9.88 Å². The molecule has 3 rings (SSSR count). The van der Waals surface area contributed by atoms with Gasteiger partial charge in [-0.05, 0) is 25.0 Å². The van der Waals surface area contributed by atoms with E-state index in [-0.39, 0.29) is 11.8 Å². The van der Waals surface area contributed by atoms with E-state index >= 15 is 0 Å². The maximum absolute atomic E-state index is 12.6. The molecule has 1 fully saturated rings. The molecule has 1 saturated heterocycles. The first kappa shape index (κ1) is 13.5. The third-order valence-electron chi connectivity index (χ3n) is 4.01. The Morgan fingerprint density at radius 2 is 1.86 bits per heavy atom. The predicted octanol–water partition coefficient (Wildman–Crippen LogP) is 2.17. The maximum atomic E-state index is 12.6. The summed E-state index contributed by atoms with van der Waals surface area (Å²) in [7, 11) is 0. The Morgan fingerprint density at radius 1 is 1.14 bits per heavy atom. The average Bonchev–Trinajstić information content (AvgIpc) is 2.53. The third-order valence-corrected chi connectivity index (χ3v) is 4.01. The van der Waals surface area contributed by atoms with Gasteiger partial charge in [-0.3, -0.25) is 14.6 Å². The fourth-order valence-corrected chi connectivity index (χ4v) is 2.78. The zero-order chi connectivity index (χ0) is 14.8. The largest absolute Gasteiger partial charge is 0.481 e. The number of likely N-dealkylation sites (tertiary alicyclic amines) is 1. The number of hydrogen-bond acceptors (Lipinski definition) is 3. The van der Waals surface area contributed by atoms with E-state index in [4.69, 9.17) is 5.11 Å². The van der Waals surface area contributed by atoms with Crippen molar-refractivity contribution < 1.29 is 14.7 Å². The Hall–Kier alpha value is -2.43. The minimum absolute atomic E-state index is 0.0440. The summed E-state index contributed by atoms with van der Waals surface area (Å²) in [5.74, 6) is -1.14. The van der Waals surface area contributed by atoms with Crippen LogP contribution in [0, 0.1) is 5.92 Å². The second-order valence-corrected chi connectivity index (χ2v) is 5.28. The summed E-state index contributed by atoms with van der Waals surface area (Å²) in [6.07, 6.45) is 2.67. The van der Waals surface area contributed by atoms with Gasteiger partial charge in [-0.25, -0.2) is 0 Å². The Bertz CT molecular complexity index is 685. The molecule has 5 heteroatoms. The van der Waals surface area contributed by atoms with Crippen LogP contribution in [0.5, 0.6) is 0 Å². The van der Waals surface area contributed by atoms with Crippen LogP contribution in [0.2, 0.25) is 0 Å². The fraction of sp³-hybridized carbons (Fsp3) is 0.312. The maximum Gasteiger partial charge on any atom is 0.306 e. The Kier molecular flexibility index (Phi) is 3.56. The number of nitrogens with zero attached hydrogens (tertiary/aromatic N) is 2. The van der Waals surface area contributed by atoms with E-state index in [9.17, 15) is 9.59 Å². The number of benzene rings is 1. The molecule has 1 aromatic carbocycles. The van der Waals surface area contributed by atoms with Crippen molar-refractivity contribution in [3.63, 3.8) is 0 Å². The molecule has 0 aliphatic carbocycles. The van der Waals surface area contributed by atoms with E-state index in [1.807, 2.05) is 24.3 Å². The van der Waals surface area contributed by atoms with Crippen molar-refractivity contribution in [1.29, 1.82) is 0 Å². The highest BCUT2D eigenvalue weighted by Gasteiger charge is 2.28. The number of fused-ring (bicyclic) bond motifs is 1. The van der Waals surface area contributed by atoms with Gasteiger partial charge in [0.25, 0.3) is 5.91 Å². The molecule has 1 aliphatic heterocycles. The predicted molar refractivity (Wildman–Crippen MR) is 78.0 cm³/mol. The van der Waals surface area contributed by atoms with Crippen LogP contribution in [-0.4, -0.2) is 40.0 Å². The van der Waals surface area contributed by atoms with Crippen LogP contribution >= 0.6 is 0 Å².